The maximum Gasteiger partial charge on any atom is 0.412 e. The second-order valence-electron chi connectivity index (χ2n) is 17.1. The molecule has 0 N–H and O–H groups in total. The van der Waals surface area contributed by atoms with E-state index in [2.05, 4.69) is 66.7 Å². The molecule has 3 fully saturated rings. The lowest BCUT2D eigenvalue weighted by Crippen LogP contribution is -2.51. The van der Waals surface area contributed by atoms with E-state index in [0.29, 0.717) is 36.9 Å². The second-order valence-corrected chi connectivity index (χ2v) is 19.0. The molecule has 9 rings (SSSR count). The van der Waals surface area contributed by atoms with Crippen molar-refractivity contribution in [2.45, 2.75) is 82.3 Å². The van der Waals surface area contributed by atoms with Crippen molar-refractivity contribution in [3.8, 4) is 28.4 Å². The first-order chi connectivity index (χ1) is 29.4. The highest BCUT2D eigenvalue weighted by Crippen LogP contribution is 2.40. The number of sulfonamides is 1. The van der Waals surface area contributed by atoms with Crippen LogP contribution in [0.2, 0.25) is 0 Å². The van der Waals surface area contributed by atoms with Crippen LogP contribution in [-0.4, -0.2) is 87.1 Å². The van der Waals surface area contributed by atoms with Gasteiger partial charge in [0.05, 0.1) is 36.2 Å². The zero-order valence-corrected chi connectivity index (χ0v) is 35.7. The molecular weight excluding hydrogens is 797 g/mol. The van der Waals surface area contributed by atoms with Gasteiger partial charge in [0.2, 0.25) is 16.8 Å². The molecule has 5 aromatic rings. The standard InChI is InChI=1S/C48H52N2O10S/c1-31(2)26-49(61(52,53)37-19-20-42-43(25-37)58-30-57-42)27-44-41(50(48(3,4)60-44)47(51)59-45-29-56-46-40(45)21-22-54-46)24-32-15-17-36(18-16-32)55-28-33-9-7-12-35(23-33)39-14-8-11-34-10-5-6-13-38(34)39/h5-20,23,25,31,40-41,44-46H,21-22,24,26-30H2,1-4H3/t40-,41-,44+,45-,46+/m0/s1. The molecule has 1 amide bonds. The van der Waals surface area contributed by atoms with Crippen LogP contribution in [0.25, 0.3) is 21.9 Å². The number of hydrogen-bond acceptors (Lipinski definition) is 10. The van der Waals surface area contributed by atoms with Gasteiger partial charge < -0.3 is 33.2 Å². The first kappa shape index (κ1) is 41.2. The van der Waals surface area contributed by atoms with Gasteiger partial charge in [-0.25, -0.2) is 13.2 Å². The quantitative estimate of drug-likeness (QED) is 0.114. The summed E-state index contributed by atoms with van der Waals surface area (Å²) in [6.07, 6.45) is -1.00. The van der Waals surface area contributed by atoms with Crippen molar-refractivity contribution < 1.29 is 46.4 Å². The van der Waals surface area contributed by atoms with Crippen molar-refractivity contribution in [1.82, 2.24) is 9.21 Å². The monoisotopic (exact) mass is 848 g/mol. The first-order valence-corrected chi connectivity index (χ1v) is 22.5. The Kier molecular flexibility index (Phi) is 11.4. The van der Waals surface area contributed by atoms with Gasteiger partial charge in [0, 0.05) is 19.2 Å². The van der Waals surface area contributed by atoms with Gasteiger partial charge in [0.15, 0.2) is 17.8 Å². The summed E-state index contributed by atoms with van der Waals surface area (Å²) >= 11 is 0. The van der Waals surface area contributed by atoms with Gasteiger partial charge in [-0.1, -0.05) is 86.6 Å². The molecule has 0 saturated carbocycles. The average molecular weight is 849 g/mol. The summed E-state index contributed by atoms with van der Waals surface area (Å²) in [7, 11) is -4.03. The lowest BCUT2D eigenvalue weighted by molar-refractivity contribution is -0.0911. The molecule has 5 atom stereocenters. The van der Waals surface area contributed by atoms with Crippen molar-refractivity contribution >= 4 is 26.9 Å². The summed E-state index contributed by atoms with van der Waals surface area (Å²) in [6.45, 7) is 9.01. The highest BCUT2D eigenvalue weighted by Gasteiger charge is 2.53. The topological polar surface area (TPSA) is 122 Å². The maximum absolute atomic E-state index is 14.4. The van der Waals surface area contributed by atoms with Gasteiger partial charge in [-0.05, 0) is 96.0 Å². The molecule has 5 aromatic carbocycles. The van der Waals surface area contributed by atoms with Gasteiger partial charge in [-0.3, -0.25) is 4.90 Å². The highest BCUT2D eigenvalue weighted by molar-refractivity contribution is 7.89. The largest absolute Gasteiger partial charge is 0.489 e. The molecule has 4 aliphatic rings. The number of hydrogen-bond donors (Lipinski definition) is 0. The number of amides is 1. The summed E-state index contributed by atoms with van der Waals surface area (Å²) < 4.78 is 71.9. The Bertz CT molecular complexity index is 2490. The first-order valence-electron chi connectivity index (χ1n) is 21.0. The fourth-order valence-electron chi connectivity index (χ4n) is 9.04. The van der Waals surface area contributed by atoms with Crippen LogP contribution in [0.4, 0.5) is 4.79 Å². The van der Waals surface area contributed by atoms with Crippen LogP contribution in [0.3, 0.4) is 0 Å². The Hall–Kier alpha value is -5.18. The van der Waals surface area contributed by atoms with Crippen molar-refractivity contribution in [1.29, 1.82) is 0 Å². The van der Waals surface area contributed by atoms with Crippen LogP contribution >= 0.6 is 0 Å². The SMILES string of the molecule is CC(C)CN(C[C@H]1OC(C)(C)N(C(=O)O[C@H]2CO[C@H]3OCC[C@H]32)[C@H]1Cc1ccc(OCc2cccc(-c3cccc4ccccc34)c2)cc1)S(=O)(=O)c1ccc2c(c1)OCO2. The van der Waals surface area contributed by atoms with Gasteiger partial charge >= 0.3 is 6.09 Å². The molecule has 0 radical (unpaired) electrons. The van der Waals surface area contributed by atoms with E-state index in [1.54, 1.807) is 11.0 Å². The molecule has 61 heavy (non-hydrogen) atoms. The van der Waals surface area contributed by atoms with Crippen LogP contribution in [0.15, 0.2) is 114 Å². The third-order valence-corrected chi connectivity index (χ3v) is 13.8. The minimum Gasteiger partial charge on any atom is -0.489 e. The minimum atomic E-state index is -4.03. The number of benzene rings is 5. The maximum atomic E-state index is 14.4. The van der Waals surface area contributed by atoms with E-state index in [4.69, 9.17) is 33.2 Å². The zero-order valence-electron chi connectivity index (χ0n) is 34.9. The van der Waals surface area contributed by atoms with Gasteiger partial charge in [0.1, 0.15) is 24.2 Å². The highest BCUT2D eigenvalue weighted by atomic mass is 32.2. The molecule has 3 saturated heterocycles. The molecule has 320 valence electrons. The van der Waals surface area contributed by atoms with Crippen LogP contribution in [0.5, 0.6) is 17.2 Å². The molecule has 4 aliphatic heterocycles. The summed E-state index contributed by atoms with van der Waals surface area (Å²) in [5.41, 5.74) is 3.13. The average Bonchev–Trinajstić information content (AvgIpc) is 4.05. The number of carbonyl (C=O) groups is 1. The third-order valence-electron chi connectivity index (χ3n) is 12.0. The van der Waals surface area contributed by atoms with Crippen molar-refractivity contribution in [2.24, 2.45) is 11.8 Å². The number of fused-ring (bicyclic) bond motifs is 3. The fourth-order valence-corrected chi connectivity index (χ4v) is 10.7. The number of carbonyl (C=O) groups excluding carboxylic acids is 1. The predicted molar refractivity (Wildman–Crippen MR) is 229 cm³/mol. The van der Waals surface area contributed by atoms with Crippen LogP contribution in [-0.2, 0) is 42.0 Å². The van der Waals surface area contributed by atoms with Gasteiger partial charge in [-0.2, -0.15) is 4.31 Å². The molecule has 12 nitrogen and oxygen atoms in total. The number of rotatable bonds is 13. The third kappa shape index (κ3) is 8.54. The summed E-state index contributed by atoms with van der Waals surface area (Å²) in [5, 5.41) is 2.40. The smallest absolute Gasteiger partial charge is 0.412 e. The van der Waals surface area contributed by atoms with E-state index < -0.39 is 40.1 Å². The molecular formula is C48H52N2O10S. The Morgan fingerprint density at radius 2 is 1.67 bits per heavy atom. The Morgan fingerprint density at radius 3 is 2.51 bits per heavy atom. The lowest BCUT2D eigenvalue weighted by atomic mass is 9.97. The van der Waals surface area contributed by atoms with Gasteiger partial charge in [-0.15, -0.1) is 0 Å². The molecule has 0 spiro atoms. The van der Waals surface area contributed by atoms with Crippen molar-refractivity contribution in [3.05, 3.63) is 120 Å². The van der Waals surface area contributed by atoms with E-state index in [-0.39, 0.29) is 49.5 Å². The summed E-state index contributed by atoms with van der Waals surface area (Å²) in [6, 6.07) is 35.0. The summed E-state index contributed by atoms with van der Waals surface area (Å²) in [5.74, 6) is 1.52. The number of ether oxygens (including phenoxy) is 7. The molecule has 0 aromatic heterocycles. The normalized spacial score (nSPS) is 22.9. The Balaban J connectivity index is 0.954. The minimum absolute atomic E-state index is 0.00303. The van der Waals surface area contributed by atoms with Crippen LogP contribution in [0, 0.1) is 11.8 Å². The van der Waals surface area contributed by atoms with E-state index in [1.165, 1.54) is 32.8 Å². The molecule has 0 bridgehead atoms. The van der Waals surface area contributed by atoms with E-state index in [9.17, 15) is 13.2 Å². The predicted octanol–water partition coefficient (Wildman–Crippen LogP) is 8.41. The fraction of sp³-hybridized carbons (Fsp3) is 0.396. The van der Waals surface area contributed by atoms with E-state index >= 15 is 0 Å². The van der Waals surface area contributed by atoms with Crippen LogP contribution < -0.4 is 14.2 Å². The molecule has 0 aliphatic carbocycles. The molecule has 0 unspecified atom stereocenters. The Labute approximate surface area is 357 Å². The van der Waals surface area contributed by atoms with Gasteiger partial charge in [0.25, 0.3) is 0 Å². The zero-order chi connectivity index (χ0) is 42.3. The lowest BCUT2D eigenvalue weighted by Gasteiger charge is -2.34. The number of nitrogens with zero attached hydrogens (tertiary/aromatic N) is 2. The van der Waals surface area contributed by atoms with E-state index in [1.807, 2.05) is 52.0 Å². The summed E-state index contributed by atoms with van der Waals surface area (Å²) in [4.78, 5) is 16.1. The van der Waals surface area contributed by atoms with Crippen molar-refractivity contribution in [2.75, 3.05) is 33.1 Å². The second kappa shape index (κ2) is 16.9. The Morgan fingerprint density at radius 1 is 0.885 bits per heavy atom. The van der Waals surface area contributed by atoms with E-state index in [0.717, 1.165) is 23.1 Å². The van der Waals surface area contributed by atoms with Crippen LogP contribution in [0.1, 0.15) is 45.2 Å². The molecule has 13 heteroatoms. The molecule has 4 heterocycles. The van der Waals surface area contributed by atoms with Crippen molar-refractivity contribution in [3.63, 3.8) is 0 Å².